The maximum atomic E-state index is 9.19. The lowest BCUT2D eigenvalue weighted by Crippen LogP contribution is -2.42. The Morgan fingerprint density at radius 3 is 2.67 bits per heavy atom. The highest BCUT2D eigenvalue weighted by Crippen LogP contribution is 2.27. The van der Waals surface area contributed by atoms with E-state index >= 15 is 0 Å². The van der Waals surface area contributed by atoms with Crippen molar-refractivity contribution in [3.63, 3.8) is 0 Å². The molecule has 1 aliphatic rings. The molecule has 1 saturated heterocycles. The van der Waals surface area contributed by atoms with Crippen molar-refractivity contribution in [1.82, 2.24) is 4.90 Å². The number of nitrogens with zero attached hydrogens (tertiary/aromatic N) is 3. The largest absolute Gasteiger partial charge is 0.370 e. The molecule has 0 N–H and O–H groups in total. The van der Waals surface area contributed by atoms with E-state index in [2.05, 4.69) is 30.0 Å². The molecule has 1 aromatic rings. The van der Waals surface area contributed by atoms with Crippen LogP contribution in [0.4, 0.5) is 5.69 Å². The van der Waals surface area contributed by atoms with Crippen LogP contribution in [0, 0.1) is 11.3 Å². The maximum absolute atomic E-state index is 9.19. The molecule has 3 nitrogen and oxygen atoms in total. The predicted octanol–water partition coefficient (Wildman–Crippen LogP) is 2.74. The van der Waals surface area contributed by atoms with Gasteiger partial charge in [-0.25, -0.2) is 0 Å². The fourth-order valence-electron chi connectivity index (χ4n) is 2.48. The second-order valence-corrected chi connectivity index (χ2v) is 5.36. The molecule has 0 aromatic heterocycles. The average molecular weight is 264 g/mol. The highest BCUT2D eigenvalue weighted by molar-refractivity contribution is 6.30. The highest BCUT2D eigenvalue weighted by atomic mass is 35.5. The Bertz CT molecular complexity index is 459. The Morgan fingerprint density at radius 1 is 1.39 bits per heavy atom. The van der Waals surface area contributed by atoms with E-state index in [1.54, 1.807) is 6.07 Å². The monoisotopic (exact) mass is 263 g/mol. The first kappa shape index (κ1) is 13.2. The number of hydrogen-bond donors (Lipinski definition) is 0. The summed E-state index contributed by atoms with van der Waals surface area (Å²) >= 11 is 5.93. The van der Waals surface area contributed by atoms with E-state index in [0.717, 1.165) is 31.6 Å². The normalized spacial score (nSPS) is 17.4. The van der Waals surface area contributed by atoms with Gasteiger partial charge in [-0.15, -0.1) is 0 Å². The van der Waals surface area contributed by atoms with Gasteiger partial charge in [-0.05, 0) is 51.2 Å². The molecule has 1 aliphatic heterocycles. The molecule has 0 amide bonds. The Balaban J connectivity index is 2.18. The third-order valence-electron chi connectivity index (χ3n) is 3.69. The summed E-state index contributed by atoms with van der Waals surface area (Å²) in [5, 5.41) is 9.81. The number of anilines is 1. The number of rotatable bonds is 2. The number of hydrogen-bond acceptors (Lipinski definition) is 3. The molecule has 0 spiro atoms. The molecule has 1 heterocycles. The van der Waals surface area contributed by atoms with Gasteiger partial charge in [-0.3, -0.25) is 0 Å². The zero-order chi connectivity index (χ0) is 13.1. The average Bonchev–Trinajstić information content (AvgIpc) is 2.38. The van der Waals surface area contributed by atoms with Crippen LogP contribution in [0.25, 0.3) is 0 Å². The van der Waals surface area contributed by atoms with Gasteiger partial charge in [0.15, 0.2) is 0 Å². The van der Waals surface area contributed by atoms with Crippen molar-refractivity contribution in [2.75, 3.05) is 32.1 Å². The minimum Gasteiger partial charge on any atom is -0.370 e. The van der Waals surface area contributed by atoms with E-state index in [9.17, 15) is 5.26 Å². The van der Waals surface area contributed by atoms with Crippen LogP contribution in [0.15, 0.2) is 18.2 Å². The molecule has 4 heteroatoms. The molecule has 0 radical (unpaired) electrons. The lowest BCUT2D eigenvalue weighted by molar-refractivity contribution is 0.253. The standard InChI is InChI=1S/C14H18ClN3/c1-17-7-5-13(6-8-17)18(2)14-4-3-12(15)9-11(14)10-16/h3-4,9,13H,5-8H2,1-2H3. The molecular weight excluding hydrogens is 246 g/mol. The van der Waals surface area contributed by atoms with Crippen molar-refractivity contribution in [2.24, 2.45) is 0 Å². The van der Waals surface area contributed by atoms with Gasteiger partial charge in [0.05, 0.1) is 11.3 Å². The van der Waals surface area contributed by atoms with E-state index in [1.807, 2.05) is 12.1 Å². The van der Waals surface area contributed by atoms with E-state index in [-0.39, 0.29) is 0 Å². The highest BCUT2D eigenvalue weighted by Gasteiger charge is 2.22. The van der Waals surface area contributed by atoms with Crippen molar-refractivity contribution in [3.8, 4) is 6.07 Å². The van der Waals surface area contributed by atoms with Gasteiger partial charge in [-0.2, -0.15) is 5.26 Å². The van der Waals surface area contributed by atoms with Gasteiger partial charge in [0.2, 0.25) is 0 Å². The van der Waals surface area contributed by atoms with E-state index < -0.39 is 0 Å². The SMILES string of the molecule is CN1CCC(N(C)c2ccc(Cl)cc2C#N)CC1. The van der Waals surface area contributed by atoms with Crippen molar-refractivity contribution in [1.29, 1.82) is 5.26 Å². The summed E-state index contributed by atoms with van der Waals surface area (Å²) < 4.78 is 0. The first-order valence-electron chi connectivity index (χ1n) is 6.23. The Kier molecular flexibility index (Phi) is 4.11. The molecule has 96 valence electrons. The summed E-state index contributed by atoms with van der Waals surface area (Å²) in [4.78, 5) is 4.57. The summed E-state index contributed by atoms with van der Waals surface area (Å²) in [5.74, 6) is 0. The quantitative estimate of drug-likeness (QED) is 0.822. The topological polar surface area (TPSA) is 30.3 Å². The van der Waals surface area contributed by atoms with Crippen LogP contribution in [0.2, 0.25) is 5.02 Å². The summed E-state index contributed by atoms with van der Waals surface area (Å²) in [7, 11) is 4.22. The van der Waals surface area contributed by atoms with Crippen LogP contribution in [0.5, 0.6) is 0 Å². The number of benzene rings is 1. The van der Waals surface area contributed by atoms with Crippen LogP contribution in [0.1, 0.15) is 18.4 Å². The lowest BCUT2D eigenvalue weighted by Gasteiger charge is -2.36. The van der Waals surface area contributed by atoms with Gasteiger partial charge in [-0.1, -0.05) is 11.6 Å². The molecule has 0 aliphatic carbocycles. The summed E-state index contributed by atoms with van der Waals surface area (Å²) in [6, 6.07) is 8.27. The molecule has 18 heavy (non-hydrogen) atoms. The van der Waals surface area contributed by atoms with E-state index in [4.69, 9.17) is 11.6 Å². The van der Waals surface area contributed by atoms with Gasteiger partial charge in [0.25, 0.3) is 0 Å². The number of nitriles is 1. The van der Waals surface area contributed by atoms with Crippen LogP contribution in [-0.2, 0) is 0 Å². The summed E-state index contributed by atoms with van der Waals surface area (Å²) in [6.07, 6.45) is 2.28. The Hall–Kier alpha value is -1.24. The minimum atomic E-state index is 0.509. The first-order valence-corrected chi connectivity index (χ1v) is 6.60. The smallest absolute Gasteiger partial charge is 0.101 e. The van der Waals surface area contributed by atoms with Crippen LogP contribution in [-0.4, -0.2) is 38.1 Å². The second kappa shape index (κ2) is 5.60. The van der Waals surface area contributed by atoms with E-state index in [0.29, 0.717) is 16.6 Å². The number of likely N-dealkylation sites (tertiary alicyclic amines) is 1. The van der Waals surface area contributed by atoms with Crippen molar-refractivity contribution >= 4 is 17.3 Å². The fraction of sp³-hybridized carbons (Fsp3) is 0.500. The summed E-state index contributed by atoms with van der Waals surface area (Å²) in [6.45, 7) is 2.23. The van der Waals surface area contributed by atoms with Gasteiger partial charge in [0, 0.05) is 18.1 Å². The minimum absolute atomic E-state index is 0.509. The molecule has 0 atom stereocenters. The molecule has 1 fully saturated rings. The van der Waals surface area contributed by atoms with Crippen molar-refractivity contribution in [3.05, 3.63) is 28.8 Å². The molecule has 0 saturated carbocycles. The molecule has 1 aromatic carbocycles. The fourth-order valence-corrected chi connectivity index (χ4v) is 2.66. The van der Waals surface area contributed by atoms with Crippen molar-refractivity contribution < 1.29 is 0 Å². The van der Waals surface area contributed by atoms with Gasteiger partial charge in [0.1, 0.15) is 6.07 Å². The van der Waals surface area contributed by atoms with Crippen LogP contribution >= 0.6 is 11.6 Å². The van der Waals surface area contributed by atoms with Crippen LogP contribution in [0.3, 0.4) is 0 Å². The summed E-state index contributed by atoms with van der Waals surface area (Å²) in [5.41, 5.74) is 1.64. The third-order valence-corrected chi connectivity index (χ3v) is 3.93. The molecule has 0 unspecified atom stereocenters. The van der Waals surface area contributed by atoms with Crippen molar-refractivity contribution in [2.45, 2.75) is 18.9 Å². The molecular formula is C14H18ClN3. The van der Waals surface area contributed by atoms with E-state index in [1.165, 1.54) is 0 Å². The molecule has 0 bridgehead atoms. The Morgan fingerprint density at radius 2 is 2.06 bits per heavy atom. The zero-order valence-electron chi connectivity index (χ0n) is 10.9. The zero-order valence-corrected chi connectivity index (χ0v) is 11.6. The maximum Gasteiger partial charge on any atom is 0.101 e. The molecule has 2 rings (SSSR count). The van der Waals surface area contributed by atoms with Gasteiger partial charge >= 0.3 is 0 Å². The lowest BCUT2D eigenvalue weighted by atomic mass is 10.0. The van der Waals surface area contributed by atoms with Gasteiger partial charge < -0.3 is 9.80 Å². The third kappa shape index (κ3) is 2.77. The van der Waals surface area contributed by atoms with Crippen LogP contribution < -0.4 is 4.90 Å². The number of piperidine rings is 1. The number of halogens is 1. The first-order chi connectivity index (χ1) is 8.61. The predicted molar refractivity (Wildman–Crippen MR) is 75.1 cm³/mol. The second-order valence-electron chi connectivity index (χ2n) is 4.92. The Labute approximate surface area is 114 Å².